The summed E-state index contributed by atoms with van der Waals surface area (Å²) in [4.78, 5) is 19.3. The molecule has 2 aliphatic heterocycles. The summed E-state index contributed by atoms with van der Waals surface area (Å²) < 4.78 is 6.24. The van der Waals surface area contributed by atoms with Gasteiger partial charge in [-0.15, -0.1) is 0 Å². The first kappa shape index (κ1) is 15.6. The molecule has 0 bridgehead atoms. The number of halogens is 1. The lowest BCUT2D eigenvalue weighted by Crippen LogP contribution is -2.29. The van der Waals surface area contributed by atoms with E-state index in [1.54, 1.807) is 0 Å². The average molecular weight is 419 g/mol. The largest absolute Gasteiger partial charge is 0.348 e. The van der Waals surface area contributed by atoms with Crippen molar-refractivity contribution in [2.75, 3.05) is 6.54 Å². The van der Waals surface area contributed by atoms with Crippen molar-refractivity contribution in [3.05, 3.63) is 55.8 Å². The molecule has 0 unspecified atom stereocenters. The van der Waals surface area contributed by atoms with E-state index < -0.39 is 0 Å². The quantitative estimate of drug-likeness (QED) is 0.758. The van der Waals surface area contributed by atoms with Crippen LogP contribution in [0.3, 0.4) is 0 Å². The molecule has 0 aliphatic carbocycles. The number of rotatable bonds is 2. The van der Waals surface area contributed by atoms with Crippen molar-refractivity contribution in [2.45, 2.75) is 0 Å². The van der Waals surface area contributed by atoms with Crippen molar-refractivity contribution in [3.8, 4) is 0 Å². The highest BCUT2D eigenvalue weighted by molar-refractivity contribution is 9.10. The molecule has 2 aromatic rings. The molecule has 1 aromatic heterocycles. The normalized spacial score (nSPS) is 19.9. The molecule has 0 saturated carbocycles. The number of nitrogens with one attached hydrogen (secondary N) is 1. The Morgan fingerprint density at radius 3 is 3.12 bits per heavy atom. The maximum absolute atomic E-state index is 12.2. The molecule has 0 radical (unpaired) electrons. The number of aromatic nitrogens is 1. The first-order chi connectivity index (χ1) is 11.7. The summed E-state index contributed by atoms with van der Waals surface area (Å²) in [6.45, 7) is 0.725. The van der Waals surface area contributed by atoms with Gasteiger partial charge in [-0.2, -0.15) is 4.37 Å². The Kier molecular flexibility index (Phi) is 4.26. The van der Waals surface area contributed by atoms with Gasteiger partial charge in [-0.3, -0.25) is 4.79 Å². The minimum Gasteiger partial charge on any atom is -0.348 e. The van der Waals surface area contributed by atoms with Crippen molar-refractivity contribution < 1.29 is 4.79 Å². The molecular formula is C16H11BrN4OS2. The number of fused-ring (bicyclic) bond motifs is 1. The molecule has 1 fully saturated rings. The van der Waals surface area contributed by atoms with E-state index in [4.69, 9.17) is 0 Å². The van der Waals surface area contributed by atoms with Crippen LogP contribution in [0.1, 0.15) is 0 Å². The molecule has 5 nitrogen and oxygen atoms in total. The third-order valence-electron chi connectivity index (χ3n) is 3.43. The molecule has 24 heavy (non-hydrogen) atoms. The smallest absolute Gasteiger partial charge is 0.265 e. The summed E-state index contributed by atoms with van der Waals surface area (Å²) in [5.41, 5.74) is 0.786. The minimum absolute atomic E-state index is 0.131. The molecule has 120 valence electrons. The first-order valence-corrected chi connectivity index (χ1v) is 9.50. The van der Waals surface area contributed by atoms with Crippen molar-refractivity contribution in [2.24, 2.45) is 4.99 Å². The van der Waals surface area contributed by atoms with Crippen LogP contribution >= 0.6 is 39.2 Å². The summed E-state index contributed by atoms with van der Waals surface area (Å²) in [7, 11) is 0. The fourth-order valence-corrected chi connectivity index (χ4v) is 4.13. The number of para-hydroxylation sites is 1. The Balaban J connectivity index is 1.58. The van der Waals surface area contributed by atoms with Crippen LogP contribution in [0, 0.1) is 0 Å². The van der Waals surface area contributed by atoms with Crippen LogP contribution in [0.15, 0.2) is 51.0 Å². The monoisotopic (exact) mass is 418 g/mol. The maximum atomic E-state index is 12.2. The van der Waals surface area contributed by atoms with Crippen LogP contribution in [0.5, 0.6) is 0 Å². The second-order valence-corrected chi connectivity index (χ2v) is 7.81. The molecule has 0 spiro atoms. The van der Waals surface area contributed by atoms with E-state index in [1.165, 1.54) is 27.8 Å². The molecule has 3 heterocycles. The molecule has 1 saturated heterocycles. The van der Waals surface area contributed by atoms with Crippen LogP contribution in [-0.4, -0.2) is 26.9 Å². The van der Waals surface area contributed by atoms with E-state index in [0.29, 0.717) is 10.1 Å². The zero-order valence-corrected chi connectivity index (χ0v) is 15.5. The van der Waals surface area contributed by atoms with Crippen molar-refractivity contribution >= 4 is 68.3 Å². The minimum atomic E-state index is -0.131. The Hall–Kier alpha value is -1.90. The second kappa shape index (κ2) is 6.54. The number of thioether (sulfide) groups is 1. The van der Waals surface area contributed by atoms with E-state index in [9.17, 15) is 4.79 Å². The number of hydrogen-bond donors (Lipinski definition) is 1. The zero-order valence-electron chi connectivity index (χ0n) is 12.3. The van der Waals surface area contributed by atoms with Gasteiger partial charge in [0, 0.05) is 34.8 Å². The number of amidine groups is 1. The van der Waals surface area contributed by atoms with Gasteiger partial charge in [0.1, 0.15) is 0 Å². The Bertz CT molecular complexity index is 996. The number of hydrogen-bond acceptors (Lipinski definition) is 6. The lowest BCUT2D eigenvalue weighted by Gasteiger charge is -2.15. The summed E-state index contributed by atoms with van der Waals surface area (Å²) >= 11 is 6.28. The third kappa shape index (κ3) is 3.17. The lowest BCUT2D eigenvalue weighted by molar-refractivity contribution is -0.115. The molecule has 4 rings (SSSR count). The molecule has 1 N–H and O–H groups in total. The summed E-state index contributed by atoms with van der Waals surface area (Å²) in [5, 5.41) is 4.47. The number of benzene rings is 1. The SMILES string of the molecule is O=C1NC(=Nc2ccccc2Br)SC1=CN1C=c2cnsc2=CC1. The molecular weight excluding hydrogens is 408 g/mol. The molecule has 1 aromatic carbocycles. The van der Waals surface area contributed by atoms with Gasteiger partial charge >= 0.3 is 0 Å². The number of carbonyl (C=O) groups excluding carboxylic acids is 1. The number of amides is 1. The van der Waals surface area contributed by atoms with Crippen LogP contribution in [-0.2, 0) is 4.79 Å². The molecule has 1 amide bonds. The highest BCUT2D eigenvalue weighted by Gasteiger charge is 2.24. The fourth-order valence-electron chi connectivity index (χ4n) is 2.29. The van der Waals surface area contributed by atoms with E-state index in [-0.39, 0.29) is 5.91 Å². The average Bonchev–Trinajstić information content (AvgIpc) is 3.16. The number of aliphatic imine (C=N–C) groups is 1. The summed E-state index contributed by atoms with van der Waals surface area (Å²) in [6, 6.07) is 7.65. The first-order valence-electron chi connectivity index (χ1n) is 7.12. The van der Waals surface area contributed by atoms with Crippen molar-refractivity contribution in [3.63, 3.8) is 0 Å². The standard InChI is InChI=1S/C16H11BrN4OS2/c17-11-3-1-2-4-12(11)19-16-20-15(22)14(23-16)9-21-6-5-13-10(8-21)7-18-24-13/h1-5,7-9H,6H2,(H,19,20,22). The van der Waals surface area contributed by atoms with Gasteiger partial charge in [-0.05, 0) is 57.4 Å². The van der Waals surface area contributed by atoms with Gasteiger partial charge in [-0.25, -0.2) is 4.99 Å². The van der Waals surface area contributed by atoms with Crippen LogP contribution < -0.4 is 15.1 Å². The van der Waals surface area contributed by atoms with E-state index in [0.717, 1.165) is 21.9 Å². The second-order valence-electron chi connectivity index (χ2n) is 5.09. The summed E-state index contributed by atoms with van der Waals surface area (Å²) in [5.74, 6) is -0.131. The number of carbonyl (C=O) groups is 1. The van der Waals surface area contributed by atoms with Gasteiger partial charge in [0.05, 0.1) is 15.1 Å². The maximum Gasteiger partial charge on any atom is 0.265 e. The Morgan fingerprint density at radius 1 is 1.38 bits per heavy atom. The van der Waals surface area contributed by atoms with Gasteiger partial charge in [-0.1, -0.05) is 12.1 Å². The van der Waals surface area contributed by atoms with Gasteiger partial charge in [0.15, 0.2) is 5.17 Å². The molecule has 8 heteroatoms. The Labute approximate surface area is 154 Å². The van der Waals surface area contributed by atoms with E-state index in [1.807, 2.05) is 47.8 Å². The van der Waals surface area contributed by atoms with Gasteiger partial charge < -0.3 is 10.2 Å². The predicted octanol–water partition coefficient (Wildman–Crippen LogP) is 2.13. The van der Waals surface area contributed by atoms with Crippen LogP contribution in [0.25, 0.3) is 12.3 Å². The fraction of sp³-hybridized carbons (Fsp3) is 0.0625. The molecule has 2 aliphatic rings. The van der Waals surface area contributed by atoms with Gasteiger partial charge in [0.25, 0.3) is 5.91 Å². The van der Waals surface area contributed by atoms with Crippen molar-refractivity contribution in [1.29, 1.82) is 0 Å². The zero-order chi connectivity index (χ0) is 16.5. The number of nitrogens with zero attached hydrogens (tertiary/aromatic N) is 3. The van der Waals surface area contributed by atoms with Crippen LogP contribution in [0.4, 0.5) is 5.69 Å². The Morgan fingerprint density at radius 2 is 2.25 bits per heavy atom. The topological polar surface area (TPSA) is 57.6 Å². The lowest BCUT2D eigenvalue weighted by atomic mass is 10.3. The molecule has 0 atom stereocenters. The highest BCUT2D eigenvalue weighted by Crippen LogP contribution is 2.30. The van der Waals surface area contributed by atoms with Gasteiger partial charge in [0.2, 0.25) is 0 Å². The van der Waals surface area contributed by atoms with Crippen molar-refractivity contribution in [1.82, 2.24) is 14.6 Å². The third-order valence-corrected chi connectivity index (χ3v) is 5.81. The van der Waals surface area contributed by atoms with E-state index in [2.05, 4.69) is 36.7 Å². The highest BCUT2D eigenvalue weighted by atomic mass is 79.9. The van der Waals surface area contributed by atoms with E-state index >= 15 is 0 Å². The van der Waals surface area contributed by atoms with Crippen LogP contribution in [0.2, 0.25) is 0 Å². The summed E-state index contributed by atoms with van der Waals surface area (Å²) in [6.07, 6.45) is 7.79. The predicted molar refractivity (Wildman–Crippen MR) is 102 cm³/mol.